The number of amides is 1. The molecule has 0 aromatic rings. The molecule has 1 aliphatic carbocycles. The number of carboxylic acids is 1. The van der Waals surface area contributed by atoms with Gasteiger partial charge < -0.3 is 10.0 Å². The molecule has 1 N–H and O–H groups in total. The molecule has 0 bridgehead atoms. The van der Waals surface area contributed by atoms with Gasteiger partial charge in [-0.15, -0.1) is 0 Å². The fourth-order valence-corrected chi connectivity index (χ4v) is 3.40. The summed E-state index contributed by atoms with van der Waals surface area (Å²) in [6.07, 6.45) is 3.40. The number of piperidine rings is 1. The number of carbonyl (C=O) groups excluding carboxylic acids is 1. The van der Waals surface area contributed by atoms with E-state index in [0.717, 1.165) is 32.4 Å². The summed E-state index contributed by atoms with van der Waals surface area (Å²) in [5, 5.41) is 9.26. The SMILES string of the molecule is CC1C[C@H](C(=O)N2CCC(C)(C)CC2)[C@H](C(=O)O)C1. The maximum absolute atomic E-state index is 12.5. The first-order valence-corrected chi connectivity index (χ1v) is 7.32. The van der Waals surface area contributed by atoms with Gasteiger partial charge in [-0.05, 0) is 37.0 Å². The van der Waals surface area contributed by atoms with E-state index < -0.39 is 11.9 Å². The molecular weight excluding hydrogens is 242 g/mol. The fourth-order valence-electron chi connectivity index (χ4n) is 3.40. The first-order chi connectivity index (χ1) is 8.80. The second kappa shape index (κ2) is 5.14. The molecule has 2 aliphatic rings. The molecule has 19 heavy (non-hydrogen) atoms. The number of carbonyl (C=O) groups is 2. The molecule has 0 radical (unpaired) electrons. The lowest BCUT2D eigenvalue weighted by atomic mass is 9.82. The largest absolute Gasteiger partial charge is 0.481 e. The van der Waals surface area contributed by atoms with E-state index in [9.17, 15) is 14.7 Å². The second-order valence-corrected chi connectivity index (χ2v) is 7.12. The number of hydrogen-bond acceptors (Lipinski definition) is 2. The number of likely N-dealkylation sites (tertiary alicyclic amines) is 1. The summed E-state index contributed by atoms with van der Waals surface area (Å²) < 4.78 is 0. The molecule has 0 aromatic carbocycles. The Morgan fingerprint density at radius 3 is 2.16 bits per heavy atom. The van der Waals surface area contributed by atoms with Crippen LogP contribution in [0.4, 0.5) is 0 Å². The first-order valence-electron chi connectivity index (χ1n) is 7.32. The second-order valence-electron chi connectivity index (χ2n) is 7.12. The van der Waals surface area contributed by atoms with E-state index in [4.69, 9.17) is 0 Å². The lowest BCUT2D eigenvalue weighted by Gasteiger charge is -2.38. The highest BCUT2D eigenvalue weighted by atomic mass is 16.4. The van der Waals surface area contributed by atoms with Crippen molar-refractivity contribution < 1.29 is 14.7 Å². The van der Waals surface area contributed by atoms with Crippen molar-refractivity contribution in [2.75, 3.05) is 13.1 Å². The lowest BCUT2D eigenvalue weighted by Crippen LogP contribution is -2.45. The predicted molar refractivity (Wildman–Crippen MR) is 72.6 cm³/mol. The van der Waals surface area contributed by atoms with Gasteiger partial charge in [0.25, 0.3) is 0 Å². The third-order valence-corrected chi connectivity index (χ3v) is 4.86. The topological polar surface area (TPSA) is 57.6 Å². The summed E-state index contributed by atoms with van der Waals surface area (Å²) in [6.45, 7) is 8.06. The summed E-state index contributed by atoms with van der Waals surface area (Å²) in [5.74, 6) is -1.16. The number of hydrogen-bond donors (Lipinski definition) is 1. The molecular formula is C15H25NO3. The average Bonchev–Trinajstić information content (AvgIpc) is 2.70. The van der Waals surface area contributed by atoms with Crippen LogP contribution in [0.15, 0.2) is 0 Å². The molecule has 4 nitrogen and oxygen atoms in total. The molecule has 1 saturated carbocycles. The van der Waals surface area contributed by atoms with Crippen molar-refractivity contribution in [3.05, 3.63) is 0 Å². The van der Waals surface area contributed by atoms with Crippen LogP contribution >= 0.6 is 0 Å². The Hall–Kier alpha value is -1.06. The van der Waals surface area contributed by atoms with E-state index in [0.29, 0.717) is 17.8 Å². The molecule has 1 unspecified atom stereocenters. The molecule has 4 heteroatoms. The highest BCUT2D eigenvalue weighted by Crippen LogP contribution is 2.39. The minimum absolute atomic E-state index is 0.0762. The Morgan fingerprint density at radius 1 is 1.11 bits per heavy atom. The Bertz CT molecular complexity index is 368. The van der Waals surface area contributed by atoms with Gasteiger partial charge in [0.1, 0.15) is 0 Å². The lowest BCUT2D eigenvalue weighted by molar-refractivity contribution is -0.150. The van der Waals surface area contributed by atoms with E-state index in [1.165, 1.54) is 0 Å². The van der Waals surface area contributed by atoms with E-state index in [1.54, 1.807) is 0 Å². The number of aliphatic carboxylic acids is 1. The predicted octanol–water partition coefficient (Wildman–Crippen LogP) is 2.38. The Morgan fingerprint density at radius 2 is 1.63 bits per heavy atom. The molecule has 1 aliphatic heterocycles. The molecule has 108 valence electrons. The molecule has 2 rings (SSSR count). The monoisotopic (exact) mass is 267 g/mol. The van der Waals surface area contributed by atoms with E-state index >= 15 is 0 Å². The maximum Gasteiger partial charge on any atom is 0.307 e. The van der Waals surface area contributed by atoms with Crippen LogP contribution in [0.5, 0.6) is 0 Å². The minimum Gasteiger partial charge on any atom is -0.481 e. The summed E-state index contributed by atoms with van der Waals surface area (Å²) in [6, 6.07) is 0. The van der Waals surface area contributed by atoms with Crippen molar-refractivity contribution >= 4 is 11.9 Å². The Kier molecular flexibility index (Phi) is 3.88. The minimum atomic E-state index is -0.806. The molecule has 1 saturated heterocycles. The standard InChI is InChI=1S/C15H25NO3/c1-10-8-11(12(9-10)14(18)19)13(17)16-6-4-15(2,3)5-7-16/h10-12H,4-9H2,1-3H3,(H,18,19)/t10?,11-,12+/m0/s1. The number of rotatable bonds is 2. The van der Waals surface area contributed by atoms with E-state index in [2.05, 4.69) is 13.8 Å². The molecule has 0 aromatic heterocycles. The van der Waals surface area contributed by atoms with Gasteiger partial charge in [-0.3, -0.25) is 9.59 Å². The van der Waals surface area contributed by atoms with E-state index in [-0.39, 0.29) is 11.8 Å². The van der Waals surface area contributed by atoms with Gasteiger partial charge in [0.15, 0.2) is 0 Å². The molecule has 1 heterocycles. The Balaban J connectivity index is 2.01. The molecule has 1 amide bonds. The molecule has 2 fully saturated rings. The van der Waals surface area contributed by atoms with Crippen molar-refractivity contribution in [2.24, 2.45) is 23.2 Å². The zero-order valence-electron chi connectivity index (χ0n) is 12.2. The number of nitrogens with zero attached hydrogens (tertiary/aromatic N) is 1. The molecule has 3 atom stereocenters. The highest BCUT2D eigenvalue weighted by Gasteiger charge is 2.43. The summed E-state index contributed by atoms with van der Waals surface area (Å²) in [5.41, 5.74) is 0.311. The quantitative estimate of drug-likeness (QED) is 0.835. The van der Waals surface area contributed by atoms with Crippen molar-refractivity contribution in [1.29, 1.82) is 0 Å². The van der Waals surface area contributed by atoms with Crippen molar-refractivity contribution in [3.63, 3.8) is 0 Å². The summed E-state index contributed by atoms with van der Waals surface area (Å²) in [7, 11) is 0. The van der Waals surface area contributed by atoms with Crippen LogP contribution in [-0.4, -0.2) is 35.0 Å². The maximum atomic E-state index is 12.5. The zero-order chi connectivity index (χ0) is 14.2. The van der Waals surface area contributed by atoms with Crippen LogP contribution < -0.4 is 0 Å². The Labute approximate surface area is 115 Å². The van der Waals surface area contributed by atoms with Crippen molar-refractivity contribution in [2.45, 2.75) is 46.5 Å². The highest BCUT2D eigenvalue weighted by molar-refractivity contribution is 5.85. The van der Waals surface area contributed by atoms with Crippen LogP contribution in [0, 0.1) is 23.2 Å². The van der Waals surface area contributed by atoms with Crippen LogP contribution in [0.3, 0.4) is 0 Å². The van der Waals surface area contributed by atoms with Crippen molar-refractivity contribution in [1.82, 2.24) is 4.90 Å². The fraction of sp³-hybridized carbons (Fsp3) is 0.867. The van der Waals surface area contributed by atoms with Gasteiger partial charge in [0.05, 0.1) is 11.8 Å². The van der Waals surface area contributed by atoms with Crippen molar-refractivity contribution in [3.8, 4) is 0 Å². The van der Waals surface area contributed by atoms with Gasteiger partial charge >= 0.3 is 5.97 Å². The first kappa shape index (κ1) is 14.4. The van der Waals surface area contributed by atoms with Crippen LogP contribution in [-0.2, 0) is 9.59 Å². The van der Waals surface area contributed by atoms with Gasteiger partial charge in [-0.2, -0.15) is 0 Å². The smallest absolute Gasteiger partial charge is 0.307 e. The van der Waals surface area contributed by atoms with Gasteiger partial charge in [-0.1, -0.05) is 20.8 Å². The van der Waals surface area contributed by atoms with Gasteiger partial charge in [0.2, 0.25) is 5.91 Å². The normalized spacial score (nSPS) is 34.3. The molecule has 0 spiro atoms. The van der Waals surface area contributed by atoms with Gasteiger partial charge in [-0.25, -0.2) is 0 Å². The van der Waals surface area contributed by atoms with Crippen LogP contribution in [0.25, 0.3) is 0 Å². The zero-order valence-corrected chi connectivity index (χ0v) is 12.2. The summed E-state index contributed by atoms with van der Waals surface area (Å²) in [4.78, 5) is 25.7. The van der Waals surface area contributed by atoms with E-state index in [1.807, 2.05) is 11.8 Å². The average molecular weight is 267 g/mol. The van der Waals surface area contributed by atoms with Crippen LogP contribution in [0.2, 0.25) is 0 Å². The number of carboxylic acid groups (broad SMARTS) is 1. The summed E-state index contributed by atoms with van der Waals surface area (Å²) >= 11 is 0. The van der Waals surface area contributed by atoms with Crippen LogP contribution in [0.1, 0.15) is 46.5 Å². The third-order valence-electron chi connectivity index (χ3n) is 4.86. The third kappa shape index (κ3) is 3.10. The van der Waals surface area contributed by atoms with Gasteiger partial charge in [0, 0.05) is 13.1 Å².